The Labute approximate surface area is 86.1 Å². The molecule has 13 heavy (non-hydrogen) atoms. The molecule has 1 aliphatic rings. The van der Waals surface area contributed by atoms with Crippen molar-refractivity contribution >= 4 is 9.24 Å². The van der Waals surface area contributed by atoms with E-state index in [0.29, 0.717) is 0 Å². The Balaban J connectivity index is 1.78. The average molecular weight is 200 g/mol. The molecule has 0 aromatic heterocycles. The van der Waals surface area contributed by atoms with Crippen molar-refractivity contribution in [3.8, 4) is 0 Å². The quantitative estimate of drug-likeness (QED) is 0.422. The highest BCUT2D eigenvalue weighted by Crippen LogP contribution is 2.29. The molecule has 0 heterocycles. The van der Waals surface area contributed by atoms with E-state index < -0.39 is 0 Å². The van der Waals surface area contributed by atoms with E-state index >= 15 is 0 Å². The highest BCUT2D eigenvalue weighted by atomic mass is 31.0. The first-order valence-electron chi connectivity index (χ1n) is 6.13. The molecule has 1 heteroatoms. The van der Waals surface area contributed by atoms with Crippen LogP contribution >= 0.6 is 9.24 Å². The van der Waals surface area contributed by atoms with E-state index in [0.717, 1.165) is 5.92 Å². The molecule has 0 spiro atoms. The normalized spacial score (nSPS) is 18.2. The van der Waals surface area contributed by atoms with Gasteiger partial charge in [-0.2, -0.15) is 0 Å². The van der Waals surface area contributed by atoms with Crippen LogP contribution in [0.5, 0.6) is 0 Å². The van der Waals surface area contributed by atoms with Crippen LogP contribution in [0.4, 0.5) is 0 Å². The second kappa shape index (κ2) is 7.80. The molecule has 0 aliphatic heterocycles. The molecular weight excluding hydrogens is 175 g/mol. The lowest BCUT2D eigenvalue weighted by Crippen LogP contribution is -1.92. The number of unbranched alkanes of at least 4 members (excludes halogenated alkanes) is 4. The first kappa shape index (κ1) is 11.5. The lowest BCUT2D eigenvalue weighted by atomic mass is 9.99. The van der Waals surface area contributed by atoms with Crippen LogP contribution in [0.15, 0.2) is 0 Å². The maximum Gasteiger partial charge on any atom is -0.0381 e. The van der Waals surface area contributed by atoms with Gasteiger partial charge in [-0.25, -0.2) is 0 Å². The Bertz CT molecular complexity index is 106. The van der Waals surface area contributed by atoms with Crippen LogP contribution in [0.2, 0.25) is 0 Å². The monoisotopic (exact) mass is 200 g/mol. The van der Waals surface area contributed by atoms with Crippen molar-refractivity contribution in [3.05, 3.63) is 0 Å². The van der Waals surface area contributed by atoms with Crippen LogP contribution < -0.4 is 0 Å². The molecule has 0 radical (unpaired) electrons. The Hall–Kier alpha value is 0.430. The summed E-state index contributed by atoms with van der Waals surface area (Å²) in [5.74, 6) is 1.11. The standard InChI is InChI=1S/C12H25P/c13-11-7-3-1-2-4-8-12-9-5-6-10-12/h12H,1-11,13H2. The van der Waals surface area contributed by atoms with Gasteiger partial charge in [-0.15, -0.1) is 9.24 Å². The van der Waals surface area contributed by atoms with Gasteiger partial charge in [0.05, 0.1) is 0 Å². The van der Waals surface area contributed by atoms with Crippen molar-refractivity contribution in [2.45, 2.75) is 64.2 Å². The predicted octanol–water partition coefficient (Wildman–Crippen LogP) is 4.39. The van der Waals surface area contributed by atoms with Crippen molar-refractivity contribution in [2.75, 3.05) is 6.16 Å². The molecule has 0 N–H and O–H groups in total. The van der Waals surface area contributed by atoms with Gasteiger partial charge in [0.1, 0.15) is 0 Å². The summed E-state index contributed by atoms with van der Waals surface area (Å²) in [6.07, 6.45) is 16.2. The SMILES string of the molecule is PCCCCCCCC1CCCC1. The summed E-state index contributed by atoms with van der Waals surface area (Å²) < 4.78 is 0. The highest BCUT2D eigenvalue weighted by Gasteiger charge is 2.13. The van der Waals surface area contributed by atoms with Gasteiger partial charge < -0.3 is 0 Å². The third-order valence-electron chi connectivity index (χ3n) is 3.29. The van der Waals surface area contributed by atoms with Crippen molar-refractivity contribution in [3.63, 3.8) is 0 Å². The smallest absolute Gasteiger partial charge is 0.0381 e. The summed E-state index contributed by atoms with van der Waals surface area (Å²) in [5.41, 5.74) is 0. The third kappa shape index (κ3) is 5.68. The molecule has 0 amide bonds. The molecule has 1 saturated carbocycles. The Morgan fingerprint density at radius 1 is 0.846 bits per heavy atom. The maximum absolute atomic E-state index is 2.82. The van der Waals surface area contributed by atoms with Crippen molar-refractivity contribution in [1.82, 2.24) is 0 Å². The second-order valence-electron chi connectivity index (χ2n) is 4.50. The van der Waals surface area contributed by atoms with Crippen molar-refractivity contribution < 1.29 is 0 Å². The average Bonchev–Trinajstić information content (AvgIpc) is 2.63. The van der Waals surface area contributed by atoms with E-state index in [1.165, 1.54) is 70.4 Å². The minimum atomic E-state index is 1.11. The number of rotatable bonds is 7. The van der Waals surface area contributed by atoms with E-state index in [2.05, 4.69) is 9.24 Å². The number of hydrogen-bond acceptors (Lipinski definition) is 0. The predicted molar refractivity (Wildman–Crippen MR) is 64.2 cm³/mol. The van der Waals surface area contributed by atoms with Gasteiger partial charge in [-0.1, -0.05) is 57.8 Å². The Morgan fingerprint density at radius 2 is 1.46 bits per heavy atom. The molecule has 0 nitrogen and oxygen atoms in total. The largest absolute Gasteiger partial charge is 0.138 e. The summed E-state index contributed by atoms with van der Waals surface area (Å²) in [6, 6.07) is 0. The summed E-state index contributed by atoms with van der Waals surface area (Å²) >= 11 is 0. The second-order valence-corrected chi connectivity index (χ2v) is 5.07. The van der Waals surface area contributed by atoms with Crippen molar-refractivity contribution in [2.24, 2.45) is 5.92 Å². The van der Waals surface area contributed by atoms with Crippen molar-refractivity contribution in [1.29, 1.82) is 0 Å². The summed E-state index contributed by atoms with van der Waals surface area (Å²) in [6.45, 7) is 0. The first-order chi connectivity index (χ1) is 6.43. The molecule has 0 aromatic carbocycles. The van der Waals surface area contributed by atoms with E-state index in [4.69, 9.17) is 0 Å². The van der Waals surface area contributed by atoms with Gasteiger partial charge >= 0.3 is 0 Å². The molecule has 78 valence electrons. The van der Waals surface area contributed by atoms with Crippen LogP contribution in [-0.2, 0) is 0 Å². The van der Waals surface area contributed by atoms with Gasteiger partial charge in [0.15, 0.2) is 0 Å². The third-order valence-corrected chi connectivity index (χ3v) is 3.70. The molecule has 1 aliphatic carbocycles. The van der Waals surface area contributed by atoms with Crippen LogP contribution in [0.25, 0.3) is 0 Å². The number of hydrogen-bond donors (Lipinski definition) is 0. The Kier molecular flexibility index (Phi) is 6.90. The molecule has 1 fully saturated rings. The van der Waals surface area contributed by atoms with Crippen LogP contribution in [-0.4, -0.2) is 6.16 Å². The molecule has 1 unspecified atom stereocenters. The van der Waals surface area contributed by atoms with Gasteiger partial charge in [0, 0.05) is 0 Å². The fourth-order valence-electron chi connectivity index (χ4n) is 2.41. The summed E-state index contributed by atoms with van der Waals surface area (Å²) in [4.78, 5) is 0. The summed E-state index contributed by atoms with van der Waals surface area (Å²) in [5, 5.41) is 0. The van der Waals surface area contributed by atoms with E-state index in [1.807, 2.05) is 0 Å². The lowest BCUT2D eigenvalue weighted by Gasteiger charge is -2.07. The molecular formula is C12H25P. The molecule has 1 atom stereocenters. The minimum Gasteiger partial charge on any atom is -0.138 e. The van der Waals surface area contributed by atoms with E-state index in [1.54, 1.807) is 0 Å². The lowest BCUT2D eigenvalue weighted by molar-refractivity contribution is 0.464. The van der Waals surface area contributed by atoms with E-state index in [-0.39, 0.29) is 0 Å². The fourth-order valence-corrected chi connectivity index (χ4v) is 2.70. The van der Waals surface area contributed by atoms with Crippen LogP contribution in [0.3, 0.4) is 0 Å². The molecule has 0 aromatic rings. The molecule has 1 rings (SSSR count). The zero-order valence-corrected chi connectivity index (χ0v) is 10.1. The maximum atomic E-state index is 2.82. The molecule has 0 bridgehead atoms. The van der Waals surface area contributed by atoms with Crippen LogP contribution in [0.1, 0.15) is 64.2 Å². The fraction of sp³-hybridized carbons (Fsp3) is 1.00. The Morgan fingerprint density at radius 3 is 2.15 bits per heavy atom. The van der Waals surface area contributed by atoms with Gasteiger partial charge in [-0.3, -0.25) is 0 Å². The topological polar surface area (TPSA) is 0 Å². The van der Waals surface area contributed by atoms with Crippen LogP contribution in [0, 0.1) is 5.92 Å². The highest BCUT2D eigenvalue weighted by molar-refractivity contribution is 7.16. The van der Waals surface area contributed by atoms with Gasteiger partial charge in [-0.05, 0) is 18.5 Å². The van der Waals surface area contributed by atoms with Gasteiger partial charge in [0.2, 0.25) is 0 Å². The zero-order chi connectivity index (χ0) is 9.36. The minimum absolute atomic E-state index is 1.11. The zero-order valence-electron chi connectivity index (χ0n) is 8.93. The summed E-state index contributed by atoms with van der Waals surface area (Å²) in [7, 11) is 2.82. The van der Waals surface area contributed by atoms with E-state index in [9.17, 15) is 0 Å². The molecule has 0 saturated heterocycles. The first-order valence-corrected chi connectivity index (χ1v) is 6.95. The van der Waals surface area contributed by atoms with Gasteiger partial charge in [0.25, 0.3) is 0 Å².